The Morgan fingerprint density at radius 3 is 2.52 bits per heavy atom. The van der Waals surface area contributed by atoms with Gasteiger partial charge in [-0.3, -0.25) is 9.59 Å². The summed E-state index contributed by atoms with van der Waals surface area (Å²) in [7, 11) is 0. The van der Waals surface area contributed by atoms with Crippen molar-refractivity contribution in [3.05, 3.63) is 77.9 Å². The van der Waals surface area contributed by atoms with Gasteiger partial charge in [0.1, 0.15) is 0 Å². The molecule has 4 nitrogen and oxygen atoms in total. The van der Waals surface area contributed by atoms with Crippen molar-refractivity contribution in [1.82, 2.24) is 4.90 Å². The molecule has 148 valence electrons. The first kappa shape index (κ1) is 19.2. The first-order valence-corrected chi connectivity index (χ1v) is 10.2. The molecule has 0 spiro atoms. The highest BCUT2D eigenvalue weighted by molar-refractivity contribution is 6.04. The molecular weight excluding hydrogens is 360 g/mol. The fraction of sp³-hybridized carbons (Fsp3) is 0.280. The van der Waals surface area contributed by atoms with Crippen LogP contribution in [0.4, 0.5) is 5.69 Å². The summed E-state index contributed by atoms with van der Waals surface area (Å²) in [5.74, 6) is 0.0577. The Morgan fingerprint density at radius 1 is 1.00 bits per heavy atom. The van der Waals surface area contributed by atoms with Gasteiger partial charge in [-0.15, -0.1) is 0 Å². The summed E-state index contributed by atoms with van der Waals surface area (Å²) in [5, 5.41) is 2.18. The number of hydrogen-bond donors (Lipinski definition) is 0. The SMILES string of the molecule is CCN(C(=O)CC1c2ccccc2CCN1C(C)=O)c1cccc2ccccc12. The number of fused-ring (bicyclic) bond motifs is 2. The molecule has 2 amide bonds. The van der Waals surface area contributed by atoms with E-state index in [1.165, 1.54) is 5.56 Å². The second kappa shape index (κ2) is 8.08. The molecule has 1 aliphatic rings. The van der Waals surface area contributed by atoms with Crippen LogP contribution >= 0.6 is 0 Å². The number of rotatable bonds is 4. The maximum atomic E-state index is 13.5. The Hall–Kier alpha value is -3.14. The van der Waals surface area contributed by atoms with E-state index >= 15 is 0 Å². The Morgan fingerprint density at radius 2 is 1.72 bits per heavy atom. The van der Waals surface area contributed by atoms with E-state index in [0.29, 0.717) is 13.1 Å². The molecular formula is C25H26N2O2. The largest absolute Gasteiger partial charge is 0.335 e. The zero-order valence-electron chi connectivity index (χ0n) is 17.0. The lowest BCUT2D eigenvalue weighted by Crippen LogP contribution is -2.42. The molecule has 0 saturated carbocycles. The Balaban J connectivity index is 1.68. The third kappa shape index (κ3) is 3.63. The highest BCUT2D eigenvalue weighted by atomic mass is 16.2. The highest BCUT2D eigenvalue weighted by Gasteiger charge is 2.32. The second-order valence-corrected chi connectivity index (χ2v) is 7.52. The molecule has 0 saturated heterocycles. The van der Waals surface area contributed by atoms with E-state index in [1.807, 2.05) is 53.1 Å². The fourth-order valence-corrected chi connectivity index (χ4v) is 4.45. The molecule has 0 N–H and O–H groups in total. The van der Waals surface area contributed by atoms with E-state index in [9.17, 15) is 9.59 Å². The van der Waals surface area contributed by atoms with Crippen LogP contribution in [0.15, 0.2) is 66.7 Å². The zero-order chi connectivity index (χ0) is 20.4. The van der Waals surface area contributed by atoms with Crippen LogP contribution < -0.4 is 4.90 Å². The number of benzene rings is 3. The summed E-state index contributed by atoms with van der Waals surface area (Å²) in [6.07, 6.45) is 1.12. The van der Waals surface area contributed by atoms with Crippen LogP contribution in [0.25, 0.3) is 10.8 Å². The number of carbonyl (C=O) groups excluding carboxylic acids is 2. The lowest BCUT2D eigenvalue weighted by molar-refractivity contribution is -0.133. The van der Waals surface area contributed by atoms with Crippen molar-refractivity contribution in [2.45, 2.75) is 32.7 Å². The normalized spacial score (nSPS) is 15.8. The Bertz CT molecular complexity index is 1050. The smallest absolute Gasteiger partial charge is 0.229 e. The second-order valence-electron chi connectivity index (χ2n) is 7.52. The fourth-order valence-electron chi connectivity index (χ4n) is 4.45. The lowest BCUT2D eigenvalue weighted by Gasteiger charge is -2.37. The summed E-state index contributed by atoms with van der Waals surface area (Å²) in [6.45, 7) is 4.83. The van der Waals surface area contributed by atoms with Crippen LogP contribution in [0.3, 0.4) is 0 Å². The van der Waals surface area contributed by atoms with Crippen molar-refractivity contribution in [1.29, 1.82) is 0 Å². The summed E-state index contributed by atoms with van der Waals surface area (Å²) in [6, 6.07) is 22.1. The van der Waals surface area contributed by atoms with Crippen molar-refractivity contribution < 1.29 is 9.59 Å². The number of amides is 2. The van der Waals surface area contributed by atoms with Crippen LogP contribution in [-0.4, -0.2) is 29.8 Å². The van der Waals surface area contributed by atoms with E-state index in [2.05, 4.69) is 30.3 Å². The van der Waals surface area contributed by atoms with Crippen molar-refractivity contribution >= 4 is 28.3 Å². The molecule has 0 aliphatic carbocycles. The quantitative estimate of drug-likeness (QED) is 0.650. The third-order valence-electron chi connectivity index (χ3n) is 5.86. The van der Waals surface area contributed by atoms with Crippen molar-refractivity contribution in [2.75, 3.05) is 18.0 Å². The predicted octanol–water partition coefficient (Wildman–Crippen LogP) is 4.73. The number of hydrogen-bond acceptors (Lipinski definition) is 2. The topological polar surface area (TPSA) is 40.6 Å². The van der Waals surface area contributed by atoms with Gasteiger partial charge >= 0.3 is 0 Å². The van der Waals surface area contributed by atoms with Crippen LogP contribution in [0.1, 0.15) is 37.4 Å². The molecule has 0 radical (unpaired) electrons. The van der Waals surface area contributed by atoms with Crippen LogP contribution in [0.2, 0.25) is 0 Å². The Kier molecular flexibility index (Phi) is 5.34. The third-order valence-corrected chi connectivity index (χ3v) is 5.86. The highest BCUT2D eigenvalue weighted by Crippen LogP contribution is 2.34. The summed E-state index contributed by atoms with van der Waals surface area (Å²) in [4.78, 5) is 29.4. The van der Waals surface area contributed by atoms with Gasteiger partial charge in [-0.1, -0.05) is 60.7 Å². The van der Waals surface area contributed by atoms with Crippen LogP contribution in [-0.2, 0) is 16.0 Å². The van der Waals surface area contributed by atoms with Gasteiger partial charge in [-0.2, -0.15) is 0 Å². The number of nitrogens with zero attached hydrogens (tertiary/aromatic N) is 2. The van der Waals surface area contributed by atoms with E-state index in [0.717, 1.165) is 28.4 Å². The molecule has 3 aromatic rings. The zero-order valence-corrected chi connectivity index (χ0v) is 17.0. The van der Waals surface area contributed by atoms with Gasteiger partial charge in [0, 0.05) is 25.4 Å². The molecule has 1 aliphatic heterocycles. The number of anilines is 1. The van der Waals surface area contributed by atoms with Crippen LogP contribution in [0.5, 0.6) is 0 Å². The number of carbonyl (C=O) groups is 2. The van der Waals surface area contributed by atoms with Gasteiger partial charge in [0.25, 0.3) is 0 Å². The molecule has 29 heavy (non-hydrogen) atoms. The van der Waals surface area contributed by atoms with E-state index in [-0.39, 0.29) is 24.3 Å². The average Bonchev–Trinajstić information content (AvgIpc) is 2.74. The molecule has 0 bridgehead atoms. The van der Waals surface area contributed by atoms with E-state index < -0.39 is 0 Å². The maximum absolute atomic E-state index is 13.5. The van der Waals surface area contributed by atoms with Crippen molar-refractivity contribution in [2.24, 2.45) is 0 Å². The minimum absolute atomic E-state index is 0.0190. The van der Waals surface area contributed by atoms with Gasteiger partial charge in [0.15, 0.2) is 0 Å². The van der Waals surface area contributed by atoms with E-state index in [1.54, 1.807) is 6.92 Å². The van der Waals surface area contributed by atoms with Gasteiger partial charge in [0.05, 0.1) is 18.2 Å². The van der Waals surface area contributed by atoms with Crippen LogP contribution in [0, 0.1) is 0 Å². The average molecular weight is 386 g/mol. The molecule has 4 heteroatoms. The van der Waals surface area contributed by atoms with Crippen molar-refractivity contribution in [3.63, 3.8) is 0 Å². The predicted molar refractivity (Wildman–Crippen MR) is 117 cm³/mol. The Labute approximate surface area is 171 Å². The minimum Gasteiger partial charge on any atom is -0.335 e. The molecule has 4 rings (SSSR count). The molecule has 1 heterocycles. The molecule has 3 aromatic carbocycles. The summed E-state index contributed by atoms with van der Waals surface area (Å²) < 4.78 is 0. The monoisotopic (exact) mass is 386 g/mol. The first-order valence-electron chi connectivity index (χ1n) is 10.2. The molecule has 0 aromatic heterocycles. The first-order chi connectivity index (χ1) is 14.1. The minimum atomic E-state index is -0.214. The standard InChI is InChI=1S/C25H26N2O2/c1-3-26(23-14-8-11-19-9-4-6-12-21(19)23)25(29)17-24-22-13-7-5-10-20(22)15-16-27(24)18(2)28/h4-14,24H,3,15-17H2,1-2H3. The van der Waals surface area contributed by atoms with Gasteiger partial charge in [-0.25, -0.2) is 0 Å². The molecule has 0 fully saturated rings. The van der Waals surface area contributed by atoms with Gasteiger partial charge in [-0.05, 0) is 35.9 Å². The molecule has 1 atom stereocenters. The lowest BCUT2D eigenvalue weighted by atomic mass is 9.90. The van der Waals surface area contributed by atoms with Gasteiger partial charge < -0.3 is 9.80 Å². The van der Waals surface area contributed by atoms with E-state index in [4.69, 9.17) is 0 Å². The van der Waals surface area contributed by atoms with Gasteiger partial charge in [0.2, 0.25) is 11.8 Å². The summed E-state index contributed by atoms with van der Waals surface area (Å²) in [5.41, 5.74) is 3.25. The summed E-state index contributed by atoms with van der Waals surface area (Å²) >= 11 is 0. The molecule has 1 unspecified atom stereocenters. The van der Waals surface area contributed by atoms with Crippen molar-refractivity contribution in [3.8, 4) is 0 Å². The maximum Gasteiger partial charge on any atom is 0.229 e.